The van der Waals surface area contributed by atoms with E-state index in [1.54, 1.807) is 7.11 Å². The van der Waals surface area contributed by atoms with Gasteiger partial charge in [-0.2, -0.15) is 0 Å². The van der Waals surface area contributed by atoms with E-state index in [0.29, 0.717) is 13.2 Å². The summed E-state index contributed by atoms with van der Waals surface area (Å²) in [5, 5.41) is 11.9. The van der Waals surface area contributed by atoms with Crippen LogP contribution in [0, 0.1) is 23.7 Å². The van der Waals surface area contributed by atoms with Gasteiger partial charge < -0.3 is 15.2 Å². The molecule has 2 unspecified atom stereocenters. The van der Waals surface area contributed by atoms with Crippen LogP contribution in [0.3, 0.4) is 0 Å². The average molecular weight is 239 g/mol. The average Bonchev–Trinajstić information content (AvgIpc) is 2.88. The zero-order chi connectivity index (χ0) is 12.4. The summed E-state index contributed by atoms with van der Waals surface area (Å²) in [7, 11) is 1.56. The first-order chi connectivity index (χ1) is 8.15. The molecule has 0 spiro atoms. The molecular weight excluding hydrogens is 222 g/mol. The first kappa shape index (κ1) is 12.1. The van der Waals surface area contributed by atoms with E-state index in [4.69, 9.17) is 4.74 Å². The molecule has 0 saturated heterocycles. The predicted octanol–water partition coefficient (Wildman–Crippen LogP) is 0.272. The van der Waals surface area contributed by atoms with Gasteiger partial charge in [0.2, 0.25) is 5.91 Å². The molecule has 2 N–H and O–H groups in total. The third kappa shape index (κ3) is 2.20. The van der Waals surface area contributed by atoms with Crippen molar-refractivity contribution in [3.63, 3.8) is 0 Å². The molecule has 0 aromatic rings. The molecule has 0 aromatic carbocycles. The van der Waals surface area contributed by atoms with Crippen molar-refractivity contribution in [3.05, 3.63) is 12.2 Å². The Morgan fingerprint density at radius 2 is 2.00 bits per heavy atom. The fraction of sp³-hybridized carbons (Fsp3) is 0.667. The Bertz CT molecular complexity index is 352. The normalized spacial score (nSPS) is 33.9. The number of amides is 1. The van der Waals surface area contributed by atoms with Crippen molar-refractivity contribution in [3.8, 4) is 0 Å². The molecule has 94 valence electrons. The van der Waals surface area contributed by atoms with E-state index in [-0.39, 0.29) is 17.7 Å². The number of carboxylic acids is 1. The van der Waals surface area contributed by atoms with Gasteiger partial charge in [-0.25, -0.2) is 0 Å². The molecule has 0 aliphatic heterocycles. The first-order valence-electron chi connectivity index (χ1n) is 5.83. The van der Waals surface area contributed by atoms with E-state index in [2.05, 4.69) is 5.32 Å². The zero-order valence-electron chi connectivity index (χ0n) is 9.76. The molecule has 2 rings (SSSR count). The van der Waals surface area contributed by atoms with Crippen molar-refractivity contribution in [1.29, 1.82) is 0 Å². The number of allylic oxidation sites excluding steroid dienone is 2. The van der Waals surface area contributed by atoms with E-state index in [9.17, 15) is 14.7 Å². The van der Waals surface area contributed by atoms with E-state index < -0.39 is 17.8 Å². The smallest absolute Gasteiger partial charge is 0.307 e. The lowest BCUT2D eigenvalue weighted by Crippen LogP contribution is -2.41. The topological polar surface area (TPSA) is 75.6 Å². The molecule has 1 saturated carbocycles. The third-order valence-corrected chi connectivity index (χ3v) is 3.65. The number of hydrogen-bond acceptors (Lipinski definition) is 3. The lowest BCUT2D eigenvalue weighted by Gasteiger charge is -2.23. The second kappa shape index (κ2) is 4.87. The lowest BCUT2D eigenvalue weighted by atomic mass is 9.82. The van der Waals surface area contributed by atoms with Crippen molar-refractivity contribution in [1.82, 2.24) is 5.32 Å². The van der Waals surface area contributed by atoms with Crippen LogP contribution in [-0.4, -0.2) is 37.2 Å². The van der Waals surface area contributed by atoms with Crippen LogP contribution >= 0.6 is 0 Å². The van der Waals surface area contributed by atoms with Crippen molar-refractivity contribution in [2.45, 2.75) is 6.42 Å². The number of hydrogen-bond donors (Lipinski definition) is 2. The van der Waals surface area contributed by atoms with Crippen LogP contribution in [0.4, 0.5) is 0 Å². The van der Waals surface area contributed by atoms with Crippen molar-refractivity contribution in [2.75, 3.05) is 20.3 Å². The number of nitrogens with one attached hydrogen (secondary N) is 1. The molecule has 0 aromatic heterocycles. The number of carbonyl (C=O) groups excluding carboxylic acids is 1. The Balaban J connectivity index is 2.01. The number of rotatable bonds is 5. The molecule has 2 aliphatic rings. The summed E-state index contributed by atoms with van der Waals surface area (Å²) in [6, 6.07) is 0. The Morgan fingerprint density at radius 1 is 1.35 bits per heavy atom. The Hall–Kier alpha value is -1.36. The van der Waals surface area contributed by atoms with Gasteiger partial charge in [0.1, 0.15) is 0 Å². The molecule has 1 fully saturated rings. The van der Waals surface area contributed by atoms with E-state index in [0.717, 1.165) is 6.42 Å². The Kier molecular flexibility index (Phi) is 3.47. The first-order valence-corrected chi connectivity index (χ1v) is 5.83. The standard InChI is InChI=1S/C12H17NO4/c1-17-5-4-13-11(14)9-7-2-3-8(6-7)10(9)12(15)16/h2-3,7-10H,4-6H2,1H3,(H,13,14)(H,15,16)/t7?,8?,9-,10+/m0/s1. The summed E-state index contributed by atoms with van der Waals surface area (Å²) in [5.41, 5.74) is 0. The minimum absolute atomic E-state index is 0.0238. The highest BCUT2D eigenvalue weighted by atomic mass is 16.5. The second-order valence-electron chi connectivity index (χ2n) is 4.62. The molecular formula is C12H17NO4. The van der Waals surface area contributed by atoms with Crippen LogP contribution in [-0.2, 0) is 14.3 Å². The lowest BCUT2D eigenvalue weighted by molar-refractivity contribution is -0.147. The maximum Gasteiger partial charge on any atom is 0.307 e. The van der Waals surface area contributed by atoms with Gasteiger partial charge in [-0.1, -0.05) is 12.2 Å². The monoisotopic (exact) mass is 239 g/mol. The fourth-order valence-corrected chi connectivity index (χ4v) is 2.91. The summed E-state index contributed by atoms with van der Waals surface area (Å²) in [4.78, 5) is 23.2. The summed E-state index contributed by atoms with van der Waals surface area (Å²) < 4.78 is 4.85. The molecule has 5 nitrogen and oxygen atoms in total. The second-order valence-corrected chi connectivity index (χ2v) is 4.62. The van der Waals surface area contributed by atoms with Crippen LogP contribution in [0.2, 0.25) is 0 Å². The van der Waals surface area contributed by atoms with E-state index >= 15 is 0 Å². The fourth-order valence-electron chi connectivity index (χ4n) is 2.91. The highest BCUT2D eigenvalue weighted by Crippen LogP contribution is 2.48. The van der Waals surface area contributed by atoms with Gasteiger partial charge in [-0.3, -0.25) is 9.59 Å². The van der Waals surface area contributed by atoms with Crippen molar-refractivity contribution in [2.24, 2.45) is 23.7 Å². The number of ether oxygens (including phenoxy) is 1. The molecule has 0 heterocycles. The number of carboxylic acid groups (broad SMARTS) is 1. The van der Waals surface area contributed by atoms with E-state index in [1.807, 2.05) is 12.2 Å². The van der Waals surface area contributed by atoms with Crippen molar-refractivity contribution < 1.29 is 19.4 Å². The Morgan fingerprint density at radius 3 is 2.59 bits per heavy atom. The summed E-state index contributed by atoms with van der Waals surface area (Å²) in [5.74, 6) is -1.90. The molecule has 17 heavy (non-hydrogen) atoms. The minimum atomic E-state index is -0.867. The van der Waals surface area contributed by atoms with Crippen LogP contribution in [0.1, 0.15) is 6.42 Å². The quantitative estimate of drug-likeness (QED) is 0.533. The van der Waals surface area contributed by atoms with Crippen LogP contribution in [0.15, 0.2) is 12.2 Å². The molecule has 5 heteroatoms. The summed E-state index contributed by atoms with van der Waals surface area (Å²) >= 11 is 0. The minimum Gasteiger partial charge on any atom is -0.481 e. The highest BCUT2D eigenvalue weighted by molar-refractivity contribution is 5.86. The van der Waals surface area contributed by atoms with Gasteiger partial charge in [0.15, 0.2) is 0 Å². The summed E-state index contributed by atoms with van der Waals surface area (Å²) in [6.45, 7) is 0.874. The molecule has 0 radical (unpaired) electrons. The van der Waals surface area contributed by atoms with Crippen LogP contribution in [0.25, 0.3) is 0 Å². The zero-order valence-corrected chi connectivity index (χ0v) is 9.76. The largest absolute Gasteiger partial charge is 0.481 e. The molecule has 2 bridgehead atoms. The molecule has 4 atom stereocenters. The molecule has 1 amide bonds. The SMILES string of the molecule is COCCNC(=O)[C@H]1C2C=CC(C2)[C@H]1C(=O)O. The number of fused-ring (bicyclic) bond motifs is 2. The molecule has 2 aliphatic carbocycles. The van der Waals surface area contributed by atoms with Gasteiger partial charge in [-0.05, 0) is 18.3 Å². The predicted molar refractivity (Wildman–Crippen MR) is 60.2 cm³/mol. The van der Waals surface area contributed by atoms with Crippen LogP contribution in [0.5, 0.6) is 0 Å². The van der Waals surface area contributed by atoms with E-state index in [1.165, 1.54) is 0 Å². The van der Waals surface area contributed by atoms with Crippen LogP contribution < -0.4 is 5.32 Å². The number of methoxy groups -OCH3 is 1. The van der Waals surface area contributed by atoms with Gasteiger partial charge in [0, 0.05) is 13.7 Å². The number of carbonyl (C=O) groups is 2. The van der Waals surface area contributed by atoms with Gasteiger partial charge >= 0.3 is 5.97 Å². The Labute approximate surface area is 99.8 Å². The summed E-state index contributed by atoms with van der Waals surface area (Å²) in [6.07, 6.45) is 4.70. The maximum absolute atomic E-state index is 12.0. The number of aliphatic carboxylic acids is 1. The third-order valence-electron chi connectivity index (χ3n) is 3.65. The van der Waals surface area contributed by atoms with Crippen molar-refractivity contribution >= 4 is 11.9 Å². The maximum atomic E-state index is 12.0. The van der Waals surface area contributed by atoms with Gasteiger partial charge in [-0.15, -0.1) is 0 Å². The van der Waals surface area contributed by atoms with Gasteiger partial charge in [0.25, 0.3) is 0 Å². The van der Waals surface area contributed by atoms with Gasteiger partial charge in [0.05, 0.1) is 18.4 Å². The highest BCUT2D eigenvalue weighted by Gasteiger charge is 2.51.